The van der Waals surface area contributed by atoms with E-state index in [1.807, 2.05) is 60.7 Å². The van der Waals surface area contributed by atoms with Gasteiger partial charge in [0.15, 0.2) is 17.5 Å². The van der Waals surface area contributed by atoms with Crippen LogP contribution in [0.5, 0.6) is 0 Å². The van der Waals surface area contributed by atoms with Gasteiger partial charge in [-0.05, 0) is 57.3 Å². The summed E-state index contributed by atoms with van der Waals surface area (Å²) in [6.07, 6.45) is 1.74. The standard InChI is InChI=1S/C36H20N4O/c1-2-9-21(10-3-1)33-38-34(27-19-18-26-23-12-5-4-11-22(23)24-13-6-14-25(27)31(24)26)40-35(39-33)28-15-7-17-30-32(28)29-16-8-20-37-36(29)41-30/h1-20H. The predicted molar refractivity (Wildman–Crippen MR) is 163 cm³/mol. The van der Waals surface area contributed by atoms with E-state index in [9.17, 15) is 0 Å². The normalized spacial score (nSPS) is 11.9. The molecular formula is C36H20N4O. The third-order valence-corrected chi connectivity index (χ3v) is 7.97. The van der Waals surface area contributed by atoms with E-state index in [1.54, 1.807) is 6.20 Å². The number of fused-ring (bicyclic) bond motifs is 6. The van der Waals surface area contributed by atoms with Gasteiger partial charge in [-0.1, -0.05) is 91.0 Å². The molecule has 0 N–H and O–H groups in total. The molecule has 1 aliphatic rings. The largest absolute Gasteiger partial charge is 0.438 e. The lowest BCUT2D eigenvalue weighted by Crippen LogP contribution is -2.01. The number of aromatic nitrogens is 4. The Balaban J connectivity index is 1.34. The van der Waals surface area contributed by atoms with Crippen molar-refractivity contribution in [1.82, 2.24) is 19.9 Å². The number of pyridine rings is 1. The summed E-state index contributed by atoms with van der Waals surface area (Å²) in [7, 11) is 0. The van der Waals surface area contributed by atoms with E-state index in [4.69, 9.17) is 19.4 Å². The summed E-state index contributed by atoms with van der Waals surface area (Å²) in [5.74, 6) is 1.86. The Morgan fingerprint density at radius 2 is 1.05 bits per heavy atom. The summed E-state index contributed by atoms with van der Waals surface area (Å²) >= 11 is 0. The van der Waals surface area contributed by atoms with E-state index >= 15 is 0 Å². The highest BCUT2D eigenvalue weighted by Crippen LogP contribution is 2.49. The second kappa shape index (κ2) is 8.41. The molecule has 8 aromatic rings. The Morgan fingerprint density at radius 1 is 0.415 bits per heavy atom. The molecule has 190 valence electrons. The first-order valence-corrected chi connectivity index (χ1v) is 13.6. The molecule has 41 heavy (non-hydrogen) atoms. The van der Waals surface area contributed by atoms with Gasteiger partial charge in [0.05, 0.1) is 0 Å². The molecule has 0 bridgehead atoms. The molecule has 0 aliphatic heterocycles. The Labute approximate surface area is 234 Å². The maximum absolute atomic E-state index is 6.08. The lowest BCUT2D eigenvalue weighted by Gasteiger charge is -2.12. The smallest absolute Gasteiger partial charge is 0.227 e. The molecule has 0 fully saturated rings. The van der Waals surface area contributed by atoms with Crippen LogP contribution in [0, 0.1) is 0 Å². The topological polar surface area (TPSA) is 64.7 Å². The number of furan rings is 1. The minimum Gasteiger partial charge on any atom is -0.438 e. The fourth-order valence-electron chi connectivity index (χ4n) is 6.18. The molecule has 5 aromatic carbocycles. The van der Waals surface area contributed by atoms with Crippen molar-refractivity contribution in [3.05, 3.63) is 121 Å². The third kappa shape index (κ3) is 3.23. The molecule has 0 atom stereocenters. The zero-order chi connectivity index (χ0) is 26.9. The van der Waals surface area contributed by atoms with Gasteiger partial charge in [-0.3, -0.25) is 0 Å². The van der Waals surface area contributed by atoms with Gasteiger partial charge in [0.25, 0.3) is 0 Å². The second-order valence-corrected chi connectivity index (χ2v) is 10.2. The quantitative estimate of drug-likeness (QED) is 0.231. The van der Waals surface area contributed by atoms with Crippen LogP contribution < -0.4 is 0 Å². The number of benzene rings is 5. The Bertz CT molecular complexity index is 2290. The molecule has 5 heteroatoms. The highest BCUT2D eigenvalue weighted by molar-refractivity contribution is 6.18. The van der Waals surface area contributed by atoms with E-state index in [0.717, 1.165) is 38.4 Å². The molecule has 5 nitrogen and oxygen atoms in total. The average Bonchev–Trinajstić information content (AvgIpc) is 3.59. The van der Waals surface area contributed by atoms with Gasteiger partial charge >= 0.3 is 0 Å². The maximum atomic E-state index is 6.08. The Morgan fingerprint density at radius 3 is 1.90 bits per heavy atom. The van der Waals surface area contributed by atoms with Crippen molar-refractivity contribution in [1.29, 1.82) is 0 Å². The van der Waals surface area contributed by atoms with Crippen LogP contribution in [-0.2, 0) is 0 Å². The van der Waals surface area contributed by atoms with Crippen molar-refractivity contribution in [3.8, 4) is 56.4 Å². The Kier molecular flexibility index (Phi) is 4.55. The lowest BCUT2D eigenvalue weighted by molar-refractivity contribution is 0.654. The van der Waals surface area contributed by atoms with Gasteiger partial charge in [-0.2, -0.15) is 0 Å². The lowest BCUT2D eigenvalue weighted by atomic mass is 9.98. The summed E-state index contributed by atoms with van der Waals surface area (Å²) in [4.78, 5) is 19.6. The fraction of sp³-hybridized carbons (Fsp3) is 0. The average molecular weight is 525 g/mol. The van der Waals surface area contributed by atoms with E-state index < -0.39 is 0 Å². The van der Waals surface area contributed by atoms with Crippen LogP contribution in [-0.4, -0.2) is 19.9 Å². The number of nitrogens with zero attached hydrogens (tertiary/aromatic N) is 4. The summed E-state index contributed by atoms with van der Waals surface area (Å²) in [5.41, 5.74) is 9.16. The van der Waals surface area contributed by atoms with Crippen molar-refractivity contribution in [2.24, 2.45) is 0 Å². The molecule has 0 radical (unpaired) electrons. The van der Waals surface area contributed by atoms with E-state index in [2.05, 4.69) is 59.6 Å². The maximum Gasteiger partial charge on any atom is 0.227 e. The molecule has 3 aromatic heterocycles. The first kappa shape index (κ1) is 22.2. The summed E-state index contributed by atoms with van der Waals surface area (Å²) in [5, 5.41) is 4.25. The first-order chi connectivity index (χ1) is 20.3. The highest BCUT2D eigenvalue weighted by atomic mass is 16.3. The fourth-order valence-corrected chi connectivity index (χ4v) is 6.18. The van der Waals surface area contributed by atoms with Crippen LogP contribution in [0.1, 0.15) is 0 Å². The molecule has 0 amide bonds. The van der Waals surface area contributed by atoms with Gasteiger partial charge in [-0.25, -0.2) is 19.9 Å². The minimum atomic E-state index is 0.595. The van der Waals surface area contributed by atoms with Gasteiger partial charge in [0, 0.05) is 33.7 Å². The number of hydrogen-bond acceptors (Lipinski definition) is 5. The van der Waals surface area contributed by atoms with E-state index in [1.165, 1.54) is 27.6 Å². The van der Waals surface area contributed by atoms with Crippen LogP contribution in [0.2, 0.25) is 0 Å². The van der Waals surface area contributed by atoms with Crippen LogP contribution >= 0.6 is 0 Å². The van der Waals surface area contributed by atoms with Crippen LogP contribution in [0.25, 0.3) is 89.3 Å². The van der Waals surface area contributed by atoms with Gasteiger partial charge in [0.1, 0.15) is 5.58 Å². The summed E-state index contributed by atoms with van der Waals surface area (Å²) in [6, 6.07) is 39.4. The second-order valence-electron chi connectivity index (χ2n) is 10.2. The molecule has 1 aliphatic carbocycles. The molecule has 3 heterocycles. The predicted octanol–water partition coefficient (Wildman–Crippen LogP) is 8.97. The minimum absolute atomic E-state index is 0.595. The summed E-state index contributed by atoms with van der Waals surface area (Å²) in [6.45, 7) is 0. The van der Waals surface area contributed by atoms with Gasteiger partial charge in [-0.15, -0.1) is 0 Å². The zero-order valence-corrected chi connectivity index (χ0v) is 21.7. The van der Waals surface area contributed by atoms with E-state index in [0.29, 0.717) is 23.2 Å². The van der Waals surface area contributed by atoms with Gasteiger partial charge < -0.3 is 4.42 Å². The van der Waals surface area contributed by atoms with Crippen molar-refractivity contribution in [2.75, 3.05) is 0 Å². The zero-order valence-electron chi connectivity index (χ0n) is 21.7. The van der Waals surface area contributed by atoms with Crippen molar-refractivity contribution < 1.29 is 4.42 Å². The molecule has 0 saturated carbocycles. The first-order valence-electron chi connectivity index (χ1n) is 13.6. The molecule has 9 rings (SSSR count). The molecular weight excluding hydrogens is 504 g/mol. The molecule has 0 spiro atoms. The van der Waals surface area contributed by atoms with Crippen molar-refractivity contribution >= 4 is 32.8 Å². The van der Waals surface area contributed by atoms with Crippen LogP contribution in [0.15, 0.2) is 126 Å². The molecule has 0 saturated heterocycles. The van der Waals surface area contributed by atoms with Crippen LogP contribution in [0.3, 0.4) is 0 Å². The number of rotatable bonds is 3. The molecule has 0 unspecified atom stereocenters. The van der Waals surface area contributed by atoms with E-state index in [-0.39, 0.29) is 0 Å². The Hall–Kier alpha value is -5.68. The van der Waals surface area contributed by atoms with Gasteiger partial charge in [0.2, 0.25) is 5.71 Å². The third-order valence-electron chi connectivity index (χ3n) is 7.97. The van der Waals surface area contributed by atoms with Crippen molar-refractivity contribution in [3.63, 3.8) is 0 Å². The highest BCUT2D eigenvalue weighted by Gasteiger charge is 2.24. The van der Waals surface area contributed by atoms with Crippen molar-refractivity contribution in [2.45, 2.75) is 0 Å². The monoisotopic (exact) mass is 524 g/mol. The van der Waals surface area contributed by atoms with Crippen LogP contribution in [0.4, 0.5) is 0 Å². The number of hydrogen-bond donors (Lipinski definition) is 0. The SMILES string of the molecule is c1ccc(-c2nc(-c3ccc4c5c(cccc35)-c3ccccc3-4)nc(-c3cccc4oc5ncccc5c34)n2)cc1. The summed E-state index contributed by atoms with van der Waals surface area (Å²) < 4.78 is 6.08.